The van der Waals surface area contributed by atoms with Gasteiger partial charge in [-0.3, -0.25) is 9.59 Å². The molecule has 0 aliphatic rings. The number of ether oxygens (including phenoxy) is 2. The molecule has 1 N–H and O–H groups in total. The van der Waals surface area contributed by atoms with Crippen LogP contribution in [0, 0.1) is 0 Å². The molecule has 5 heteroatoms. The maximum Gasteiger partial charge on any atom is 0.325 e. The van der Waals surface area contributed by atoms with Crippen molar-refractivity contribution in [3.05, 3.63) is 65.7 Å². The van der Waals surface area contributed by atoms with E-state index in [0.29, 0.717) is 13.2 Å². The Morgan fingerprint density at radius 3 is 2.33 bits per heavy atom. The van der Waals surface area contributed by atoms with Crippen LogP contribution in [0.3, 0.4) is 0 Å². The fourth-order valence-electron chi connectivity index (χ4n) is 2.08. The zero-order chi connectivity index (χ0) is 17.2. The third-order valence-corrected chi connectivity index (χ3v) is 3.27. The van der Waals surface area contributed by atoms with E-state index in [2.05, 4.69) is 5.32 Å². The van der Waals surface area contributed by atoms with Crippen LogP contribution in [0.15, 0.2) is 54.6 Å². The van der Waals surface area contributed by atoms with Crippen LogP contribution in [-0.2, 0) is 27.4 Å². The molecule has 0 bridgehead atoms. The van der Waals surface area contributed by atoms with Crippen LogP contribution in [0.4, 0.5) is 0 Å². The standard InChI is InChI=1S/C19H21NO4/c1-2-23-19(22)13-20-18(21)12-15-8-10-17(11-9-15)24-14-16-6-4-3-5-7-16/h3-11H,2,12-14H2,1H3,(H,20,21). The molecule has 0 heterocycles. The van der Waals surface area contributed by atoms with Gasteiger partial charge in [0.15, 0.2) is 0 Å². The summed E-state index contributed by atoms with van der Waals surface area (Å²) in [6, 6.07) is 17.2. The van der Waals surface area contributed by atoms with Gasteiger partial charge in [0.1, 0.15) is 18.9 Å². The zero-order valence-corrected chi connectivity index (χ0v) is 13.7. The number of hydrogen-bond acceptors (Lipinski definition) is 4. The summed E-state index contributed by atoms with van der Waals surface area (Å²) in [4.78, 5) is 22.9. The van der Waals surface area contributed by atoms with Crippen LogP contribution in [0.1, 0.15) is 18.1 Å². The average molecular weight is 327 g/mol. The second kappa shape index (κ2) is 9.35. The summed E-state index contributed by atoms with van der Waals surface area (Å²) in [5.41, 5.74) is 1.95. The smallest absolute Gasteiger partial charge is 0.325 e. The fourth-order valence-corrected chi connectivity index (χ4v) is 2.08. The molecule has 2 aromatic carbocycles. The van der Waals surface area contributed by atoms with Gasteiger partial charge in [-0.25, -0.2) is 0 Å². The van der Waals surface area contributed by atoms with Crippen molar-refractivity contribution >= 4 is 11.9 Å². The molecule has 2 aromatic rings. The van der Waals surface area contributed by atoms with Crippen molar-refractivity contribution in [2.45, 2.75) is 20.0 Å². The number of hydrogen-bond donors (Lipinski definition) is 1. The molecule has 0 aliphatic carbocycles. The highest BCUT2D eigenvalue weighted by molar-refractivity contribution is 5.83. The minimum Gasteiger partial charge on any atom is -0.489 e. The zero-order valence-electron chi connectivity index (χ0n) is 13.7. The SMILES string of the molecule is CCOC(=O)CNC(=O)Cc1ccc(OCc2ccccc2)cc1. The monoisotopic (exact) mass is 327 g/mol. The van der Waals surface area contributed by atoms with E-state index in [-0.39, 0.29) is 18.9 Å². The lowest BCUT2D eigenvalue weighted by Crippen LogP contribution is -2.31. The molecular weight excluding hydrogens is 306 g/mol. The van der Waals surface area contributed by atoms with Gasteiger partial charge in [-0.15, -0.1) is 0 Å². The second-order valence-corrected chi connectivity index (χ2v) is 5.18. The summed E-state index contributed by atoms with van der Waals surface area (Å²) in [7, 11) is 0. The van der Waals surface area contributed by atoms with Gasteiger partial charge < -0.3 is 14.8 Å². The molecule has 0 spiro atoms. The summed E-state index contributed by atoms with van der Waals surface area (Å²) >= 11 is 0. The minimum atomic E-state index is -0.435. The molecule has 0 radical (unpaired) electrons. The van der Waals surface area contributed by atoms with Crippen LogP contribution < -0.4 is 10.1 Å². The van der Waals surface area contributed by atoms with Crippen molar-refractivity contribution in [2.75, 3.05) is 13.2 Å². The third kappa shape index (κ3) is 6.12. The van der Waals surface area contributed by atoms with Crippen LogP contribution in [-0.4, -0.2) is 25.0 Å². The van der Waals surface area contributed by atoms with Crippen molar-refractivity contribution in [3.63, 3.8) is 0 Å². The minimum absolute atomic E-state index is 0.106. The Hall–Kier alpha value is -2.82. The number of benzene rings is 2. The molecule has 0 aromatic heterocycles. The number of carbonyl (C=O) groups excluding carboxylic acids is 2. The largest absolute Gasteiger partial charge is 0.489 e. The first kappa shape index (κ1) is 17.5. The Labute approximate surface area is 141 Å². The number of carbonyl (C=O) groups is 2. The van der Waals surface area contributed by atoms with Gasteiger partial charge in [-0.1, -0.05) is 42.5 Å². The van der Waals surface area contributed by atoms with Gasteiger partial charge >= 0.3 is 5.97 Å². The van der Waals surface area contributed by atoms with E-state index >= 15 is 0 Å². The van der Waals surface area contributed by atoms with Gasteiger partial charge in [0.25, 0.3) is 0 Å². The first-order valence-corrected chi connectivity index (χ1v) is 7.85. The lowest BCUT2D eigenvalue weighted by atomic mass is 10.1. The highest BCUT2D eigenvalue weighted by Crippen LogP contribution is 2.14. The van der Waals surface area contributed by atoms with E-state index in [9.17, 15) is 9.59 Å². The first-order chi connectivity index (χ1) is 11.7. The highest BCUT2D eigenvalue weighted by atomic mass is 16.5. The van der Waals surface area contributed by atoms with Crippen molar-refractivity contribution in [1.82, 2.24) is 5.32 Å². The molecule has 0 aliphatic heterocycles. The summed E-state index contributed by atoms with van der Waals surface area (Å²) in [6.45, 7) is 2.42. The number of amides is 1. The van der Waals surface area contributed by atoms with Gasteiger partial charge in [0.05, 0.1) is 13.0 Å². The summed E-state index contributed by atoms with van der Waals surface area (Å²) in [5, 5.41) is 2.53. The molecule has 5 nitrogen and oxygen atoms in total. The predicted molar refractivity (Wildman–Crippen MR) is 90.6 cm³/mol. The molecule has 0 saturated heterocycles. The molecule has 2 rings (SSSR count). The maximum absolute atomic E-state index is 11.8. The van der Waals surface area contributed by atoms with E-state index in [1.807, 2.05) is 54.6 Å². The Morgan fingerprint density at radius 1 is 0.958 bits per heavy atom. The lowest BCUT2D eigenvalue weighted by molar-refractivity contribution is -0.143. The molecular formula is C19H21NO4. The van der Waals surface area contributed by atoms with Gasteiger partial charge in [0, 0.05) is 0 Å². The molecule has 0 saturated carbocycles. The quantitative estimate of drug-likeness (QED) is 0.757. The fraction of sp³-hybridized carbons (Fsp3) is 0.263. The molecule has 0 atom stereocenters. The predicted octanol–water partition coefficient (Wildman–Crippen LogP) is 2.49. The van der Waals surface area contributed by atoms with Gasteiger partial charge in [-0.05, 0) is 30.2 Å². The molecule has 0 unspecified atom stereocenters. The van der Waals surface area contributed by atoms with Crippen molar-refractivity contribution < 1.29 is 19.1 Å². The highest BCUT2D eigenvalue weighted by Gasteiger charge is 2.07. The van der Waals surface area contributed by atoms with E-state index in [0.717, 1.165) is 16.9 Å². The van der Waals surface area contributed by atoms with Crippen LogP contribution in [0.25, 0.3) is 0 Å². The van der Waals surface area contributed by atoms with Gasteiger partial charge in [-0.2, -0.15) is 0 Å². The molecule has 0 fully saturated rings. The van der Waals surface area contributed by atoms with Crippen LogP contribution >= 0.6 is 0 Å². The van der Waals surface area contributed by atoms with Crippen LogP contribution in [0.5, 0.6) is 5.75 Å². The second-order valence-electron chi connectivity index (χ2n) is 5.18. The third-order valence-electron chi connectivity index (χ3n) is 3.27. The Bertz CT molecular complexity index is 653. The summed E-state index contributed by atoms with van der Waals surface area (Å²) < 4.78 is 10.4. The Morgan fingerprint density at radius 2 is 1.67 bits per heavy atom. The number of esters is 1. The number of rotatable bonds is 8. The molecule has 126 valence electrons. The summed E-state index contributed by atoms with van der Waals surface area (Å²) in [6.07, 6.45) is 0.207. The lowest BCUT2D eigenvalue weighted by Gasteiger charge is -2.08. The topological polar surface area (TPSA) is 64.6 Å². The number of nitrogens with one attached hydrogen (secondary N) is 1. The van der Waals surface area contributed by atoms with E-state index in [1.54, 1.807) is 6.92 Å². The Kier molecular flexibility index (Phi) is 6.83. The van der Waals surface area contributed by atoms with Gasteiger partial charge in [0.2, 0.25) is 5.91 Å². The van der Waals surface area contributed by atoms with E-state index in [4.69, 9.17) is 9.47 Å². The summed E-state index contributed by atoms with van der Waals surface area (Å²) in [5.74, 6) is 0.0889. The van der Waals surface area contributed by atoms with Crippen molar-refractivity contribution in [3.8, 4) is 5.75 Å². The first-order valence-electron chi connectivity index (χ1n) is 7.85. The molecule has 1 amide bonds. The van der Waals surface area contributed by atoms with E-state index in [1.165, 1.54) is 0 Å². The normalized spacial score (nSPS) is 10.0. The van der Waals surface area contributed by atoms with E-state index < -0.39 is 5.97 Å². The Balaban J connectivity index is 1.77. The van der Waals surface area contributed by atoms with Crippen molar-refractivity contribution in [1.29, 1.82) is 0 Å². The average Bonchev–Trinajstić information content (AvgIpc) is 2.61. The molecule has 24 heavy (non-hydrogen) atoms. The van der Waals surface area contributed by atoms with Crippen molar-refractivity contribution in [2.24, 2.45) is 0 Å². The van der Waals surface area contributed by atoms with Crippen LogP contribution in [0.2, 0.25) is 0 Å². The maximum atomic E-state index is 11.8.